The fourth-order valence-corrected chi connectivity index (χ4v) is 1.95. The summed E-state index contributed by atoms with van der Waals surface area (Å²) in [6.45, 7) is 0. The summed E-state index contributed by atoms with van der Waals surface area (Å²) in [6.07, 6.45) is 3.12. The monoisotopic (exact) mass is 207 g/mol. The molecule has 0 amide bonds. The van der Waals surface area contributed by atoms with Crippen LogP contribution in [-0.4, -0.2) is 17.2 Å². The van der Waals surface area contributed by atoms with Gasteiger partial charge in [0.25, 0.3) is 0 Å². The average molecular weight is 207 g/mol. The van der Waals surface area contributed by atoms with E-state index in [4.69, 9.17) is 4.74 Å². The van der Waals surface area contributed by atoms with Gasteiger partial charge in [-0.25, -0.2) is 0 Å². The second kappa shape index (κ2) is 3.67. The molecule has 0 unspecified atom stereocenters. The first-order valence-corrected chi connectivity index (χ1v) is 4.89. The first-order valence-electron chi connectivity index (χ1n) is 4.08. The lowest BCUT2D eigenvalue weighted by Crippen LogP contribution is -1.75. The van der Waals surface area contributed by atoms with Gasteiger partial charge in [-0.3, -0.25) is 4.98 Å². The number of ether oxygens (including phenoxy) is 1. The molecule has 0 aliphatic carbocycles. The molecule has 0 saturated carbocycles. The van der Waals surface area contributed by atoms with E-state index in [1.807, 2.05) is 12.1 Å². The van der Waals surface area contributed by atoms with Gasteiger partial charge in [0.15, 0.2) is 5.06 Å². The molecule has 2 aromatic rings. The number of rotatable bonds is 2. The highest BCUT2D eigenvalue weighted by atomic mass is 32.1. The molecule has 0 aliphatic heterocycles. The van der Waals surface area contributed by atoms with Gasteiger partial charge in [0, 0.05) is 16.6 Å². The van der Waals surface area contributed by atoms with Crippen molar-refractivity contribution >= 4 is 11.3 Å². The van der Waals surface area contributed by atoms with E-state index in [2.05, 4.69) is 4.98 Å². The summed E-state index contributed by atoms with van der Waals surface area (Å²) in [6, 6.07) is 5.52. The molecule has 3 nitrogen and oxygen atoms in total. The van der Waals surface area contributed by atoms with Crippen molar-refractivity contribution in [2.75, 3.05) is 7.11 Å². The number of aromatic nitrogens is 1. The van der Waals surface area contributed by atoms with E-state index in [0.29, 0.717) is 0 Å². The molecule has 0 fully saturated rings. The van der Waals surface area contributed by atoms with Crippen molar-refractivity contribution in [3.63, 3.8) is 0 Å². The number of methoxy groups -OCH3 is 1. The van der Waals surface area contributed by atoms with Crippen LogP contribution in [0.25, 0.3) is 10.4 Å². The van der Waals surface area contributed by atoms with Crippen molar-refractivity contribution in [3.8, 4) is 21.3 Å². The Morgan fingerprint density at radius 1 is 1.36 bits per heavy atom. The van der Waals surface area contributed by atoms with Gasteiger partial charge in [0.1, 0.15) is 5.75 Å². The van der Waals surface area contributed by atoms with Crippen LogP contribution in [0.2, 0.25) is 0 Å². The minimum atomic E-state index is 0.176. The van der Waals surface area contributed by atoms with Gasteiger partial charge in [0.05, 0.1) is 13.3 Å². The van der Waals surface area contributed by atoms with Gasteiger partial charge < -0.3 is 9.84 Å². The largest absolute Gasteiger partial charge is 0.506 e. The molecule has 2 rings (SSSR count). The Kier molecular flexibility index (Phi) is 2.37. The topological polar surface area (TPSA) is 42.4 Å². The summed E-state index contributed by atoms with van der Waals surface area (Å²) < 4.78 is 5.08. The second-order valence-electron chi connectivity index (χ2n) is 2.75. The maximum Gasteiger partial charge on any atom is 0.173 e. The molecular formula is C10H9NO2S. The SMILES string of the molecule is COc1ccc(-c2cncc(O)c2)s1. The predicted molar refractivity (Wildman–Crippen MR) is 55.8 cm³/mol. The quantitative estimate of drug-likeness (QED) is 0.822. The van der Waals surface area contributed by atoms with Gasteiger partial charge in [-0.1, -0.05) is 11.3 Å². The number of hydrogen-bond acceptors (Lipinski definition) is 4. The van der Waals surface area contributed by atoms with E-state index in [9.17, 15) is 5.11 Å². The zero-order valence-electron chi connectivity index (χ0n) is 7.60. The minimum absolute atomic E-state index is 0.176. The molecule has 0 radical (unpaired) electrons. The molecule has 72 valence electrons. The molecular weight excluding hydrogens is 198 g/mol. The van der Waals surface area contributed by atoms with Crippen molar-refractivity contribution in [2.45, 2.75) is 0 Å². The molecule has 2 aromatic heterocycles. The molecule has 2 heterocycles. The molecule has 0 saturated heterocycles. The lowest BCUT2D eigenvalue weighted by Gasteiger charge is -1.96. The van der Waals surface area contributed by atoms with Crippen LogP contribution in [0.1, 0.15) is 0 Å². The van der Waals surface area contributed by atoms with Crippen LogP contribution in [0.15, 0.2) is 30.6 Å². The Morgan fingerprint density at radius 3 is 2.86 bits per heavy atom. The highest BCUT2D eigenvalue weighted by Crippen LogP contribution is 2.33. The smallest absolute Gasteiger partial charge is 0.173 e. The van der Waals surface area contributed by atoms with Crippen LogP contribution in [0.5, 0.6) is 10.8 Å². The van der Waals surface area contributed by atoms with E-state index in [1.54, 1.807) is 19.4 Å². The Labute approximate surface area is 85.6 Å². The van der Waals surface area contributed by atoms with Gasteiger partial charge in [-0.2, -0.15) is 0 Å². The van der Waals surface area contributed by atoms with E-state index in [1.165, 1.54) is 17.5 Å². The molecule has 0 aliphatic rings. The Hall–Kier alpha value is -1.55. The van der Waals surface area contributed by atoms with Crippen molar-refractivity contribution < 1.29 is 9.84 Å². The highest BCUT2D eigenvalue weighted by Gasteiger charge is 2.03. The number of nitrogens with zero attached hydrogens (tertiary/aromatic N) is 1. The zero-order chi connectivity index (χ0) is 9.97. The summed E-state index contributed by atoms with van der Waals surface area (Å²) in [4.78, 5) is 4.94. The summed E-state index contributed by atoms with van der Waals surface area (Å²) in [7, 11) is 1.64. The Balaban J connectivity index is 2.39. The summed E-state index contributed by atoms with van der Waals surface area (Å²) in [5.74, 6) is 0.176. The van der Waals surface area contributed by atoms with Gasteiger partial charge in [0.2, 0.25) is 0 Å². The minimum Gasteiger partial charge on any atom is -0.506 e. The standard InChI is InChI=1S/C10H9NO2S/c1-13-10-3-2-9(14-10)7-4-8(12)6-11-5-7/h2-6,12H,1H3. The average Bonchev–Trinajstić information content (AvgIpc) is 2.66. The summed E-state index contributed by atoms with van der Waals surface area (Å²) >= 11 is 1.52. The van der Waals surface area contributed by atoms with Crippen molar-refractivity contribution in [3.05, 3.63) is 30.6 Å². The highest BCUT2D eigenvalue weighted by molar-refractivity contribution is 7.17. The normalized spacial score (nSPS) is 10.1. The number of thiophene rings is 1. The molecule has 4 heteroatoms. The predicted octanol–water partition coefficient (Wildman–Crippen LogP) is 2.52. The molecule has 0 atom stereocenters. The van der Waals surface area contributed by atoms with Crippen molar-refractivity contribution in [1.82, 2.24) is 4.98 Å². The fourth-order valence-electron chi connectivity index (χ4n) is 1.15. The number of pyridine rings is 1. The van der Waals surface area contributed by atoms with Crippen LogP contribution in [0.3, 0.4) is 0 Å². The third-order valence-electron chi connectivity index (χ3n) is 1.79. The number of hydrogen-bond donors (Lipinski definition) is 1. The van der Waals surface area contributed by atoms with Crippen LogP contribution in [0, 0.1) is 0 Å². The first-order chi connectivity index (χ1) is 6.79. The van der Waals surface area contributed by atoms with Crippen LogP contribution in [0.4, 0.5) is 0 Å². The lowest BCUT2D eigenvalue weighted by molar-refractivity contribution is 0.427. The Morgan fingerprint density at radius 2 is 2.21 bits per heavy atom. The van der Waals surface area contributed by atoms with Gasteiger partial charge >= 0.3 is 0 Å². The molecule has 0 bridgehead atoms. The van der Waals surface area contributed by atoms with Gasteiger partial charge in [-0.05, 0) is 18.2 Å². The lowest BCUT2D eigenvalue weighted by atomic mass is 10.2. The molecule has 1 N–H and O–H groups in total. The van der Waals surface area contributed by atoms with Crippen LogP contribution in [-0.2, 0) is 0 Å². The van der Waals surface area contributed by atoms with E-state index in [0.717, 1.165) is 15.5 Å². The maximum atomic E-state index is 9.25. The van der Waals surface area contributed by atoms with Crippen molar-refractivity contribution in [1.29, 1.82) is 0 Å². The van der Waals surface area contributed by atoms with Crippen LogP contribution < -0.4 is 4.74 Å². The number of aromatic hydroxyl groups is 1. The summed E-state index contributed by atoms with van der Waals surface area (Å²) in [5, 5.41) is 10.1. The molecule has 0 aromatic carbocycles. The molecule has 14 heavy (non-hydrogen) atoms. The maximum absolute atomic E-state index is 9.25. The van der Waals surface area contributed by atoms with Crippen LogP contribution >= 0.6 is 11.3 Å². The van der Waals surface area contributed by atoms with Gasteiger partial charge in [-0.15, -0.1) is 0 Å². The van der Waals surface area contributed by atoms with E-state index in [-0.39, 0.29) is 5.75 Å². The first kappa shape index (κ1) is 9.02. The van der Waals surface area contributed by atoms with E-state index >= 15 is 0 Å². The van der Waals surface area contributed by atoms with Crippen molar-refractivity contribution in [2.24, 2.45) is 0 Å². The zero-order valence-corrected chi connectivity index (χ0v) is 8.41. The Bertz CT molecular complexity index is 439. The summed E-state index contributed by atoms with van der Waals surface area (Å²) in [5.41, 5.74) is 0.901. The van der Waals surface area contributed by atoms with E-state index < -0.39 is 0 Å². The molecule has 0 spiro atoms. The fraction of sp³-hybridized carbons (Fsp3) is 0.100. The third-order valence-corrected chi connectivity index (χ3v) is 2.89. The second-order valence-corrected chi connectivity index (χ2v) is 3.80. The third kappa shape index (κ3) is 1.70.